The SMILES string of the molecule is Nc1cc2cnn(C3CCCCO3)c2cc1N. The number of nitrogens with zero attached hydrogens (tertiary/aromatic N) is 2. The molecule has 1 saturated heterocycles. The molecule has 1 aromatic heterocycles. The van der Waals surface area contributed by atoms with Gasteiger partial charge in [-0.15, -0.1) is 0 Å². The van der Waals surface area contributed by atoms with E-state index < -0.39 is 0 Å². The number of ether oxygens (including phenoxy) is 1. The second-order valence-corrected chi connectivity index (χ2v) is 4.45. The average molecular weight is 232 g/mol. The van der Waals surface area contributed by atoms with Crippen LogP contribution < -0.4 is 11.5 Å². The normalized spacial score (nSPS) is 20.8. The van der Waals surface area contributed by atoms with Crippen LogP contribution in [0, 0.1) is 0 Å². The maximum absolute atomic E-state index is 5.84. The van der Waals surface area contributed by atoms with Crippen LogP contribution in [0.4, 0.5) is 11.4 Å². The van der Waals surface area contributed by atoms with Crippen molar-refractivity contribution in [3.63, 3.8) is 0 Å². The lowest BCUT2D eigenvalue weighted by molar-refractivity contribution is -0.0366. The van der Waals surface area contributed by atoms with E-state index in [2.05, 4.69) is 5.10 Å². The number of hydrogen-bond acceptors (Lipinski definition) is 4. The predicted octanol–water partition coefficient (Wildman–Crippen LogP) is 1.90. The first-order chi connectivity index (χ1) is 8.25. The Morgan fingerprint density at radius 1 is 1.24 bits per heavy atom. The van der Waals surface area contributed by atoms with Crippen LogP contribution >= 0.6 is 0 Å². The zero-order valence-electron chi connectivity index (χ0n) is 9.60. The van der Waals surface area contributed by atoms with Gasteiger partial charge in [0.15, 0.2) is 6.23 Å². The summed E-state index contributed by atoms with van der Waals surface area (Å²) < 4.78 is 7.64. The minimum Gasteiger partial charge on any atom is -0.397 e. The summed E-state index contributed by atoms with van der Waals surface area (Å²) in [6.45, 7) is 0.802. The Kier molecular flexibility index (Phi) is 2.40. The van der Waals surface area contributed by atoms with Gasteiger partial charge in [-0.2, -0.15) is 5.10 Å². The van der Waals surface area contributed by atoms with Gasteiger partial charge in [-0.25, -0.2) is 4.68 Å². The van der Waals surface area contributed by atoms with E-state index in [1.165, 1.54) is 6.42 Å². The Morgan fingerprint density at radius 2 is 2.06 bits per heavy atom. The lowest BCUT2D eigenvalue weighted by Gasteiger charge is -2.23. The Bertz CT molecular complexity index is 543. The molecule has 1 fully saturated rings. The maximum Gasteiger partial charge on any atom is 0.150 e. The summed E-state index contributed by atoms with van der Waals surface area (Å²) in [5.41, 5.74) is 13.8. The first-order valence-corrected chi connectivity index (χ1v) is 5.89. The van der Waals surface area contributed by atoms with Gasteiger partial charge in [0, 0.05) is 12.0 Å². The molecule has 0 bridgehead atoms. The maximum atomic E-state index is 5.84. The molecule has 4 N–H and O–H groups in total. The first-order valence-electron chi connectivity index (χ1n) is 5.89. The van der Waals surface area contributed by atoms with Gasteiger partial charge in [0.1, 0.15) is 0 Å². The van der Waals surface area contributed by atoms with Crippen LogP contribution in [-0.2, 0) is 4.74 Å². The monoisotopic (exact) mass is 232 g/mol. The van der Waals surface area contributed by atoms with E-state index >= 15 is 0 Å². The van der Waals surface area contributed by atoms with Crippen LogP contribution in [-0.4, -0.2) is 16.4 Å². The molecule has 2 aromatic rings. The third-order valence-corrected chi connectivity index (χ3v) is 3.23. The molecule has 1 atom stereocenters. The first kappa shape index (κ1) is 10.4. The van der Waals surface area contributed by atoms with Crippen LogP contribution in [0.25, 0.3) is 10.9 Å². The summed E-state index contributed by atoms with van der Waals surface area (Å²) in [5, 5.41) is 5.39. The van der Waals surface area contributed by atoms with E-state index in [4.69, 9.17) is 16.2 Å². The quantitative estimate of drug-likeness (QED) is 0.736. The third-order valence-electron chi connectivity index (χ3n) is 3.23. The van der Waals surface area contributed by atoms with Gasteiger partial charge >= 0.3 is 0 Å². The van der Waals surface area contributed by atoms with Crippen molar-refractivity contribution in [3.8, 4) is 0 Å². The van der Waals surface area contributed by atoms with E-state index in [-0.39, 0.29) is 6.23 Å². The molecular formula is C12H16N4O. The molecule has 1 aliphatic heterocycles. The summed E-state index contributed by atoms with van der Waals surface area (Å²) in [5.74, 6) is 0. The van der Waals surface area contributed by atoms with Crippen molar-refractivity contribution >= 4 is 22.3 Å². The Balaban J connectivity index is 2.07. The van der Waals surface area contributed by atoms with Crippen LogP contribution in [0.2, 0.25) is 0 Å². The van der Waals surface area contributed by atoms with Crippen molar-refractivity contribution in [3.05, 3.63) is 18.3 Å². The molecule has 90 valence electrons. The highest BCUT2D eigenvalue weighted by Crippen LogP contribution is 2.29. The van der Waals surface area contributed by atoms with E-state index in [9.17, 15) is 0 Å². The molecule has 1 unspecified atom stereocenters. The molecule has 0 aliphatic carbocycles. The topological polar surface area (TPSA) is 79.1 Å². The molecule has 5 heteroatoms. The standard InChI is InChI=1S/C12H16N4O/c13-9-5-8-7-15-16(11(8)6-10(9)14)12-3-1-2-4-17-12/h5-7,12H,1-4,13-14H2. The highest BCUT2D eigenvalue weighted by atomic mass is 16.5. The fraction of sp³-hybridized carbons (Fsp3) is 0.417. The van der Waals surface area contributed by atoms with Gasteiger partial charge < -0.3 is 16.2 Å². The van der Waals surface area contributed by atoms with Crippen molar-refractivity contribution < 1.29 is 4.74 Å². The zero-order valence-corrected chi connectivity index (χ0v) is 9.60. The number of aromatic nitrogens is 2. The Morgan fingerprint density at radius 3 is 2.82 bits per heavy atom. The Hall–Kier alpha value is -1.75. The lowest BCUT2D eigenvalue weighted by Crippen LogP contribution is -2.19. The van der Waals surface area contributed by atoms with Gasteiger partial charge in [-0.1, -0.05) is 0 Å². The van der Waals surface area contributed by atoms with Crippen LogP contribution in [0.5, 0.6) is 0 Å². The summed E-state index contributed by atoms with van der Waals surface area (Å²) >= 11 is 0. The zero-order chi connectivity index (χ0) is 11.8. The summed E-state index contributed by atoms with van der Waals surface area (Å²) in [4.78, 5) is 0. The predicted molar refractivity (Wildman–Crippen MR) is 67.4 cm³/mol. The van der Waals surface area contributed by atoms with Crippen molar-refractivity contribution in [1.82, 2.24) is 9.78 Å². The van der Waals surface area contributed by atoms with Gasteiger partial charge in [0.2, 0.25) is 0 Å². The fourth-order valence-electron chi connectivity index (χ4n) is 2.27. The highest BCUT2D eigenvalue weighted by molar-refractivity contribution is 5.88. The molecule has 0 radical (unpaired) electrons. The molecule has 17 heavy (non-hydrogen) atoms. The minimum absolute atomic E-state index is 0.0317. The Labute approximate surface area is 99.3 Å². The van der Waals surface area contributed by atoms with Crippen LogP contribution in [0.3, 0.4) is 0 Å². The highest BCUT2D eigenvalue weighted by Gasteiger charge is 2.18. The largest absolute Gasteiger partial charge is 0.397 e. The van der Waals surface area contributed by atoms with Gasteiger partial charge in [0.05, 0.1) is 23.1 Å². The molecule has 3 rings (SSSR count). The van der Waals surface area contributed by atoms with E-state index in [1.54, 1.807) is 0 Å². The molecule has 0 saturated carbocycles. The number of benzene rings is 1. The summed E-state index contributed by atoms with van der Waals surface area (Å²) in [7, 11) is 0. The van der Waals surface area contributed by atoms with Gasteiger partial charge in [-0.05, 0) is 31.4 Å². The minimum atomic E-state index is 0.0317. The van der Waals surface area contributed by atoms with Gasteiger partial charge in [0.25, 0.3) is 0 Å². The lowest BCUT2D eigenvalue weighted by atomic mass is 10.1. The number of anilines is 2. The number of rotatable bonds is 1. The second-order valence-electron chi connectivity index (χ2n) is 4.45. The van der Waals surface area contributed by atoms with Crippen molar-refractivity contribution in [1.29, 1.82) is 0 Å². The van der Waals surface area contributed by atoms with Crippen LogP contribution in [0.15, 0.2) is 18.3 Å². The molecule has 1 aliphatic rings. The second kappa shape index (κ2) is 3.92. The number of fused-ring (bicyclic) bond motifs is 1. The van der Waals surface area contributed by atoms with Crippen molar-refractivity contribution in [2.45, 2.75) is 25.5 Å². The van der Waals surface area contributed by atoms with Crippen LogP contribution in [0.1, 0.15) is 25.5 Å². The summed E-state index contributed by atoms with van der Waals surface area (Å²) in [6.07, 6.45) is 5.15. The molecular weight excluding hydrogens is 216 g/mol. The number of nitrogen functional groups attached to an aromatic ring is 2. The van der Waals surface area contributed by atoms with E-state index in [0.717, 1.165) is 30.4 Å². The summed E-state index contributed by atoms with van der Waals surface area (Å²) in [6, 6.07) is 3.73. The fourth-order valence-corrected chi connectivity index (χ4v) is 2.27. The molecule has 0 spiro atoms. The number of hydrogen-bond donors (Lipinski definition) is 2. The number of nitrogens with two attached hydrogens (primary N) is 2. The van der Waals surface area contributed by atoms with Crippen molar-refractivity contribution in [2.24, 2.45) is 0 Å². The molecule has 5 nitrogen and oxygen atoms in total. The van der Waals surface area contributed by atoms with E-state index in [1.807, 2.05) is 23.0 Å². The van der Waals surface area contributed by atoms with E-state index in [0.29, 0.717) is 11.4 Å². The third kappa shape index (κ3) is 1.72. The van der Waals surface area contributed by atoms with Crippen molar-refractivity contribution in [2.75, 3.05) is 18.1 Å². The molecule has 1 aromatic carbocycles. The smallest absolute Gasteiger partial charge is 0.150 e. The molecule has 0 amide bonds. The molecule has 2 heterocycles. The average Bonchev–Trinajstić information content (AvgIpc) is 2.74. The van der Waals surface area contributed by atoms with Gasteiger partial charge in [-0.3, -0.25) is 0 Å².